The van der Waals surface area contributed by atoms with Gasteiger partial charge in [-0.05, 0) is 37.5 Å². The molecule has 3 heteroatoms. The molecular weight excluding hydrogens is 250 g/mol. The first-order valence-electron chi connectivity index (χ1n) is 7.29. The Balaban J connectivity index is 1.47. The first-order chi connectivity index (χ1) is 9.81. The zero-order valence-electron chi connectivity index (χ0n) is 11.8. The Bertz CT molecular complexity index is 531. The van der Waals surface area contributed by atoms with Crippen LogP contribution in [0.1, 0.15) is 43.0 Å². The average molecular weight is 271 g/mol. The van der Waals surface area contributed by atoms with Crippen LogP contribution in [0.5, 0.6) is 0 Å². The highest BCUT2D eigenvalue weighted by Gasteiger charge is 2.20. The maximum absolute atomic E-state index is 5.85. The Hall–Kier alpha value is -1.58. The van der Waals surface area contributed by atoms with Crippen molar-refractivity contribution >= 4 is 0 Å². The summed E-state index contributed by atoms with van der Waals surface area (Å²) in [6.45, 7) is 3.40. The van der Waals surface area contributed by atoms with Crippen LogP contribution in [-0.4, -0.2) is 6.04 Å². The van der Waals surface area contributed by atoms with Crippen LogP contribution in [0.25, 0.3) is 0 Å². The summed E-state index contributed by atoms with van der Waals surface area (Å²) >= 11 is 0. The molecule has 1 aromatic carbocycles. The normalized spacial score (nSPS) is 16.2. The molecule has 1 saturated carbocycles. The van der Waals surface area contributed by atoms with Gasteiger partial charge in [-0.1, -0.05) is 30.3 Å². The average Bonchev–Trinajstić information content (AvgIpc) is 3.22. The van der Waals surface area contributed by atoms with Gasteiger partial charge >= 0.3 is 0 Å². The molecule has 1 unspecified atom stereocenters. The van der Waals surface area contributed by atoms with Gasteiger partial charge in [0.25, 0.3) is 0 Å². The van der Waals surface area contributed by atoms with Crippen LogP contribution >= 0.6 is 0 Å². The van der Waals surface area contributed by atoms with Crippen molar-refractivity contribution < 1.29 is 9.15 Å². The zero-order chi connectivity index (χ0) is 13.8. The van der Waals surface area contributed by atoms with Crippen molar-refractivity contribution in [1.82, 2.24) is 5.32 Å². The Kier molecular flexibility index (Phi) is 4.19. The van der Waals surface area contributed by atoms with E-state index in [0.717, 1.165) is 18.1 Å². The highest BCUT2D eigenvalue weighted by Crippen LogP contribution is 2.21. The summed E-state index contributed by atoms with van der Waals surface area (Å²) in [6, 6.07) is 15.0. The van der Waals surface area contributed by atoms with Gasteiger partial charge in [-0.3, -0.25) is 0 Å². The van der Waals surface area contributed by atoms with Crippen molar-refractivity contribution in [2.45, 2.75) is 45.1 Å². The predicted octanol–water partition coefficient (Wildman–Crippen LogP) is 3.81. The van der Waals surface area contributed by atoms with Crippen LogP contribution in [0, 0.1) is 0 Å². The monoisotopic (exact) mass is 271 g/mol. The summed E-state index contributed by atoms with van der Waals surface area (Å²) in [5, 5.41) is 3.44. The van der Waals surface area contributed by atoms with Gasteiger partial charge in [0.1, 0.15) is 18.1 Å². The number of nitrogens with one attached hydrogen (secondary N) is 1. The van der Waals surface area contributed by atoms with E-state index in [-0.39, 0.29) is 6.10 Å². The van der Waals surface area contributed by atoms with Crippen molar-refractivity contribution in [2.75, 3.05) is 0 Å². The highest BCUT2D eigenvalue weighted by molar-refractivity contribution is 5.17. The number of furan rings is 1. The molecule has 106 valence electrons. The SMILES string of the molecule is CC(OCc1ccc(CNC2CC2)o1)c1ccccc1. The minimum absolute atomic E-state index is 0.0781. The third-order valence-electron chi connectivity index (χ3n) is 3.60. The molecule has 20 heavy (non-hydrogen) atoms. The van der Waals surface area contributed by atoms with Crippen molar-refractivity contribution in [3.8, 4) is 0 Å². The maximum atomic E-state index is 5.85. The molecule has 0 spiro atoms. The number of ether oxygens (including phenoxy) is 1. The molecule has 0 radical (unpaired) electrons. The van der Waals surface area contributed by atoms with Gasteiger partial charge < -0.3 is 14.5 Å². The van der Waals surface area contributed by atoms with Crippen molar-refractivity contribution in [3.05, 3.63) is 59.5 Å². The van der Waals surface area contributed by atoms with Crippen LogP contribution in [-0.2, 0) is 17.9 Å². The van der Waals surface area contributed by atoms with Gasteiger partial charge in [0.15, 0.2) is 0 Å². The van der Waals surface area contributed by atoms with Crippen molar-refractivity contribution in [3.63, 3.8) is 0 Å². The van der Waals surface area contributed by atoms with Gasteiger partial charge in [0, 0.05) is 6.04 Å². The van der Waals surface area contributed by atoms with E-state index in [0.29, 0.717) is 12.6 Å². The summed E-state index contributed by atoms with van der Waals surface area (Å²) in [5.41, 5.74) is 1.19. The van der Waals surface area contributed by atoms with E-state index in [1.54, 1.807) is 0 Å². The highest BCUT2D eigenvalue weighted by atomic mass is 16.5. The van der Waals surface area contributed by atoms with Crippen LogP contribution < -0.4 is 5.32 Å². The van der Waals surface area contributed by atoms with Gasteiger partial charge in [0.05, 0.1) is 12.6 Å². The smallest absolute Gasteiger partial charge is 0.129 e. The van der Waals surface area contributed by atoms with Crippen LogP contribution in [0.15, 0.2) is 46.9 Å². The summed E-state index contributed by atoms with van der Waals surface area (Å²) in [6.07, 6.45) is 2.67. The molecule has 3 nitrogen and oxygen atoms in total. The minimum atomic E-state index is 0.0781. The number of hydrogen-bond acceptors (Lipinski definition) is 3. The molecule has 1 aliphatic rings. The Morgan fingerprint density at radius 3 is 2.65 bits per heavy atom. The van der Waals surface area contributed by atoms with Gasteiger partial charge in [0.2, 0.25) is 0 Å². The number of rotatable bonds is 7. The fourth-order valence-corrected chi connectivity index (χ4v) is 2.15. The summed E-state index contributed by atoms with van der Waals surface area (Å²) in [5.74, 6) is 1.88. The van der Waals surface area contributed by atoms with Gasteiger partial charge in [-0.15, -0.1) is 0 Å². The van der Waals surface area contributed by atoms with Crippen LogP contribution in [0.3, 0.4) is 0 Å². The van der Waals surface area contributed by atoms with E-state index in [2.05, 4.69) is 24.4 Å². The second-order valence-corrected chi connectivity index (χ2v) is 5.39. The largest absolute Gasteiger partial charge is 0.462 e. The van der Waals surface area contributed by atoms with Crippen molar-refractivity contribution in [2.24, 2.45) is 0 Å². The lowest BCUT2D eigenvalue weighted by atomic mass is 10.1. The first-order valence-corrected chi connectivity index (χ1v) is 7.29. The molecule has 1 atom stereocenters. The lowest BCUT2D eigenvalue weighted by Crippen LogP contribution is -2.14. The van der Waals surface area contributed by atoms with E-state index < -0.39 is 0 Å². The predicted molar refractivity (Wildman–Crippen MR) is 78.2 cm³/mol. The standard InChI is InChI=1S/C17H21NO2/c1-13(14-5-3-2-4-6-14)19-12-17-10-9-16(20-17)11-18-15-7-8-15/h2-6,9-10,13,15,18H,7-8,11-12H2,1H3. The molecule has 0 bridgehead atoms. The Morgan fingerprint density at radius 2 is 1.90 bits per heavy atom. The topological polar surface area (TPSA) is 34.4 Å². The first kappa shape index (κ1) is 13.4. The fraction of sp³-hybridized carbons (Fsp3) is 0.412. The molecule has 0 aliphatic heterocycles. The number of hydrogen-bond donors (Lipinski definition) is 1. The van der Waals surface area contributed by atoms with Crippen LogP contribution in [0.2, 0.25) is 0 Å². The van der Waals surface area contributed by atoms with Crippen LogP contribution in [0.4, 0.5) is 0 Å². The molecule has 1 fully saturated rings. The molecule has 3 rings (SSSR count). The second-order valence-electron chi connectivity index (χ2n) is 5.39. The summed E-state index contributed by atoms with van der Waals surface area (Å²) < 4.78 is 11.6. The lowest BCUT2D eigenvalue weighted by Gasteiger charge is -2.12. The third-order valence-corrected chi connectivity index (χ3v) is 3.60. The molecule has 0 amide bonds. The summed E-state index contributed by atoms with van der Waals surface area (Å²) in [4.78, 5) is 0. The fourth-order valence-electron chi connectivity index (χ4n) is 2.15. The lowest BCUT2D eigenvalue weighted by molar-refractivity contribution is 0.0414. The summed E-state index contributed by atoms with van der Waals surface area (Å²) in [7, 11) is 0. The van der Waals surface area contributed by atoms with E-state index in [1.165, 1.54) is 18.4 Å². The molecule has 1 heterocycles. The third kappa shape index (κ3) is 3.71. The van der Waals surface area contributed by atoms with E-state index >= 15 is 0 Å². The van der Waals surface area contributed by atoms with E-state index in [1.807, 2.05) is 30.3 Å². The minimum Gasteiger partial charge on any atom is -0.462 e. The Labute approximate surface area is 119 Å². The molecule has 1 aromatic heterocycles. The Morgan fingerprint density at radius 1 is 1.15 bits per heavy atom. The molecule has 1 N–H and O–H groups in total. The zero-order valence-corrected chi connectivity index (χ0v) is 11.8. The van der Waals surface area contributed by atoms with Crippen molar-refractivity contribution in [1.29, 1.82) is 0 Å². The van der Waals surface area contributed by atoms with E-state index in [9.17, 15) is 0 Å². The quantitative estimate of drug-likeness (QED) is 0.831. The molecular formula is C17H21NO2. The molecule has 1 aliphatic carbocycles. The van der Waals surface area contributed by atoms with Gasteiger partial charge in [-0.2, -0.15) is 0 Å². The van der Waals surface area contributed by atoms with Gasteiger partial charge in [-0.25, -0.2) is 0 Å². The number of benzene rings is 1. The maximum Gasteiger partial charge on any atom is 0.129 e. The van der Waals surface area contributed by atoms with E-state index in [4.69, 9.17) is 9.15 Å². The second kappa shape index (κ2) is 6.25. The molecule has 2 aromatic rings. The molecule has 0 saturated heterocycles.